The van der Waals surface area contributed by atoms with Gasteiger partial charge >= 0.3 is 0 Å². The largest absolute Gasteiger partial charge is 0.380 e. The van der Waals surface area contributed by atoms with Crippen molar-refractivity contribution < 1.29 is 13.9 Å². The van der Waals surface area contributed by atoms with Gasteiger partial charge in [-0.2, -0.15) is 4.39 Å². The summed E-state index contributed by atoms with van der Waals surface area (Å²) in [4.78, 5) is 3.47. The van der Waals surface area contributed by atoms with Crippen LogP contribution in [0.15, 0.2) is 18.3 Å². The fourth-order valence-electron chi connectivity index (χ4n) is 1.25. The summed E-state index contributed by atoms with van der Waals surface area (Å²) >= 11 is 0. The Morgan fingerprint density at radius 3 is 2.62 bits per heavy atom. The highest BCUT2D eigenvalue weighted by Gasteiger charge is 2.07. The Balaban J connectivity index is 2.41. The zero-order valence-electron chi connectivity index (χ0n) is 9.57. The van der Waals surface area contributed by atoms with E-state index in [4.69, 9.17) is 9.47 Å². The van der Waals surface area contributed by atoms with E-state index in [2.05, 4.69) is 10.3 Å². The van der Waals surface area contributed by atoms with E-state index in [1.54, 1.807) is 6.07 Å². The maximum atomic E-state index is 12.8. The highest BCUT2D eigenvalue weighted by molar-refractivity contribution is 5.41. The van der Waals surface area contributed by atoms with Crippen molar-refractivity contribution in [2.75, 3.05) is 25.1 Å². The van der Waals surface area contributed by atoms with Crippen LogP contribution in [0.2, 0.25) is 0 Å². The molecule has 90 valence electrons. The summed E-state index contributed by atoms with van der Waals surface area (Å²) in [6, 6.07) is 3.02. The number of nitrogens with one attached hydrogen (secondary N) is 1. The van der Waals surface area contributed by atoms with E-state index in [1.165, 1.54) is 12.3 Å². The highest BCUT2D eigenvalue weighted by Crippen LogP contribution is 2.07. The molecule has 0 fully saturated rings. The van der Waals surface area contributed by atoms with Crippen LogP contribution in [0.4, 0.5) is 10.1 Å². The van der Waals surface area contributed by atoms with Crippen molar-refractivity contribution in [1.29, 1.82) is 0 Å². The first-order valence-electron chi connectivity index (χ1n) is 5.34. The second-order valence-corrected chi connectivity index (χ2v) is 3.09. The van der Waals surface area contributed by atoms with E-state index >= 15 is 0 Å². The molecule has 0 saturated carbocycles. The molecule has 0 bridgehead atoms. The molecule has 16 heavy (non-hydrogen) atoms. The van der Waals surface area contributed by atoms with Crippen LogP contribution in [0.25, 0.3) is 0 Å². The summed E-state index contributed by atoms with van der Waals surface area (Å²) in [5, 5.41) is 3.03. The molecule has 1 aromatic heterocycles. The van der Waals surface area contributed by atoms with Crippen molar-refractivity contribution in [3.05, 3.63) is 24.3 Å². The predicted octanol–water partition coefficient (Wildman–Crippen LogP) is 2.03. The average Bonchev–Trinajstić information content (AvgIpc) is 2.27. The SMILES string of the molecule is CCOC(CNc1ccnc(F)c1)OCC. The zero-order chi connectivity index (χ0) is 11.8. The molecular formula is C11H17FN2O2. The van der Waals surface area contributed by atoms with E-state index in [0.717, 1.165) is 0 Å². The first kappa shape index (κ1) is 12.9. The molecule has 0 spiro atoms. The molecule has 1 N–H and O–H groups in total. The molecule has 0 radical (unpaired) electrons. The summed E-state index contributed by atoms with van der Waals surface area (Å²) < 4.78 is 23.5. The van der Waals surface area contributed by atoms with Crippen LogP contribution in [0.5, 0.6) is 0 Å². The highest BCUT2D eigenvalue weighted by atomic mass is 19.1. The summed E-state index contributed by atoms with van der Waals surface area (Å²) in [5.41, 5.74) is 0.664. The number of anilines is 1. The van der Waals surface area contributed by atoms with Crippen LogP contribution in [0, 0.1) is 5.95 Å². The van der Waals surface area contributed by atoms with Gasteiger partial charge in [-0.15, -0.1) is 0 Å². The van der Waals surface area contributed by atoms with Gasteiger partial charge in [0.1, 0.15) is 0 Å². The zero-order valence-corrected chi connectivity index (χ0v) is 9.57. The lowest BCUT2D eigenvalue weighted by Gasteiger charge is -2.17. The molecule has 0 atom stereocenters. The Bertz CT molecular complexity index is 304. The van der Waals surface area contributed by atoms with E-state index in [-0.39, 0.29) is 6.29 Å². The van der Waals surface area contributed by atoms with E-state index in [9.17, 15) is 4.39 Å². The lowest BCUT2D eigenvalue weighted by Crippen LogP contribution is -2.26. The maximum Gasteiger partial charge on any atom is 0.214 e. The van der Waals surface area contributed by atoms with Crippen LogP contribution < -0.4 is 5.32 Å². The molecule has 0 aromatic carbocycles. The Morgan fingerprint density at radius 2 is 2.06 bits per heavy atom. The van der Waals surface area contributed by atoms with Crippen molar-refractivity contribution >= 4 is 5.69 Å². The molecule has 0 amide bonds. The van der Waals surface area contributed by atoms with Crippen molar-refractivity contribution in [2.45, 2.75) is 20.1 Å². The lowest BCUT2D eigenvalue weighted by atomic mass is 10.4. The van der Waals surface area contributed by atoms with Gasteiger partial charge in [0.05, 0.1) is 6.54 Å². The predicted molar refractivity (Wildman–Crippen MR) is 59.7 cm³/mol. The summed E-state index contributed by atoms with van der Waals surface area (Å²) in [7, 11) is 0. The number of pyridine rings is 1. The van der Waals surface area contributed by atoms with E-state index in [1.807, 2.05) is 13.8 Å². The summed E-state index contributed by atoms with van der Waals surface area (Å²) in [6.45, 7) is 5.44. The minimum absolute atomic E-state index is 0.314. The fraction of sp³-hybridized carbons (Fsp3) is 0.545. The van der Waals surface area contributed by atoms with Gasteiger partial charge in [0.2, 0.25) is 5.95 Å². The van der Waals surface area contributed by atoms with Crippen LogP contribution in [-0.4, -0.2) is 31.0 Å². The third-order valence-corrected chi connectivity index (χ3v) is 1.90. The Labute approximate surface area is 94.8 Å². The molecule has 5 heteroatoms. The molecule has 1 rings (SSSR count). The monoisotopic (exact) mass is 228 g/mol. The van der Waals surface area contributed by atoms with Gasteiger partial charge in [0.15, 0.2) is 6.29 Å². The Hall–Kier alpha value is -1.20. The third-order valence-electron chi connectivity index (χ3n) is 1.90. The topological polar surface area (TPSA) is 43.4 Å². The molecule has 0 aliphatic rings. The smallest absolute Gasteiger partial charge is 0.214 e. The number of aromatic nitrogens is 1. The molecule has 1 aromatic rings. The molecular weight excluding hydrogens is 211 g/mol. The average molecular weight is 228 g/mol. The van der Waals surface area contributed by atoms with Crippen LogP contribution >= 0.6 is 0 Å². The van der Waals surface area contributed by atoms with Gasteiger partial charge in [0.25, 0.3) is 0 Å². The van der Waals surface area contributed by atoms with Gasteiger partial charge < -0.3 is 14.8 Å². The van der Waals surface area contributed by atoms with Crippen LogP contribution in [-0.2, 0) is 9.47 Å². The Morgan fingerprint density at radius 1 is 1.38 bits per heavy atom. The maximum absolute atomic E-state index is 12.8. The first-order valence-corrected chi connectivity index (χ1v) is 5.34. The first-order chi connectivity index (χ1) is 7.76. The quantitative estimate of drug-likeness (QED) is 0.573. The number of nitrogens with zero attached hydrogens (tertiary/aromatic N) is 1. The number of hydrogen-bond donors (Lipinski definition) is 1. The van der Waals surface area contributed by atoms with Gasteiger partial charge in [-0.3, -0.25) is 0 Å². The second kappa shape index (κ2) is 7.14. The fourth-order valence-corrected chi connectivity index (χ4v) is 1.25. The van der Waals surface area contributed by atoms with Crippen molar-refractivity contribution in [1.82, 2.24) is 4.98 Å². The van der Waals surface area contributed by atoms with Crippen molar-refractivity contribution in [3.8, 4) is 0 Å². The molecule has 1 heterocycles. The molecule has 4 nitrogen and oxygen atoms in total. The standard InChI is InChI=1S/C11H17FN2O2/c1-3-15-11(16-4-2)8-14-9-5-6-13-10(12)7-9/h5-7,11H,3-4,8H2,1-2H3,(H,13,14). The van der Waals surface area contributed by atoms with Gasteiger partial charge in [-0.1, -0.05) is 0 Å². The minimum atomic E-state index is -0.505. The number of ether oxygens (including phenoxy) is 2. The van der Waals surface area contributed by atoms with Crippen molar-refractivity contribution in [3.63, 3.8) is 0 Å². The van der Waals surface area contributed by atoms with Gasteiger partial charge in [-0.05, 0) is 19.9 Å². The Kier molecular flexibility index (Phi) is 5.74. The third kappa shape index (κ3) is 4.55. The summed E-state index contributed by atoms with van der Waals surface area (Å²) in [5.74, 6) is -0.505. The molecule has 0 aliphatic carbocycles. The van der Waals surface area contributed by atoms with E-state index in [0.29, 0.717) is 25.4 Å². The number of hydrogen-bond acceptors (Lipinski definition) is 4. The second-order valence-electron chi connectivity index (χ2n) is 3.09. The van der Waals surface area contributed by atoms with Crippen LogP contribution in [0.1, 0.15) is 13.8 Å². The molecule has 0 saturated heterocycles. The normalized spacial score (nSPS) is 10.8. The summed E-state index contributed by atoms with van der Waals surface area (Å²) in [6.07, 6.45) is 1.10. The van der Waals surface area contributed by atoms with Gasteiger partial charge in [0, 0.05) is 31.2 Å². The van der Waals surface area contributed by atoms with E-state index < -0.39 is 5.95 Å². The van der Waals surface area contributed by atoms with Crippen LogP contribution in [0.3, 0.4) is 0 Å². The minimum Gasteiger partial charge on any atom is -0.380 e. The van der Waals surface area contributed by atoms with Gasteiger partial charge in [-0.25, -0.2) is 4.98 Å². The lowest BCUT2D eigenvalue weighted by molar-refractivity contribution is -0.126. The molecule has 0 aliphatic heterocycles. The molecule has 0 unspecified atom stereocenters. The van der Waals surface area contributed by atoms with Crippen molar-refractivity contribution in [2.24, 2.45) is 0 Å². The number of rotatable bonds is 7. The number of halogens is 1.